The summed E-state index contributed by atoms with van der Waals surface area (Å²) in [6.07, 6.45) is 0. The number of hydrogen-bond donors (Lipinski definition) is 0. The van der Waals surface area contributed by atoms with Gasteiger partial charge in [-0.1, -0.05) is 34.8 Å². The van der Waals surface area contributed by atoms with Crippen LogP contribution in [0.4, 0.5) is 4.39 Å². The van der Waals surface area contributed by atoms with Gasteiger partial charge in [0.1, 0.15) is 5.82 Å². The van der Waals surface area contributed by atoms with Crippen molar-refractivity contribution in [3.63, 3.8) is 0 Å². The molecule has 3 nitrogen and oxygen atoms in total. The molecule has 0 fully saturated rings. The van der Waals surface area contributed by atoms with Gasteiger partial charge in [0.2, 0.25) is 11.8 Å². The molecule has 0 atom stereocenters. The van der Waals surface area contributed by atoms with E-state index in [0.29, 0.717) is 10.6 Å². The van der Waals surface area contributed by atoms with Gasteiger partial charge in [0, 0.05) is 10.6 Å². The van der Waals surface area contributed by atoms with Crippen molar-refractivity contribution in [1.29, 1.82) is 0 Å². The zero-order valence-corrected chi connectivity index (χ0v) is 12.5. The van der Waals surface area contributed by atoms with Crippen LogP contribution in [0.25, 0.3) is 22.9 Å². The minimum atomic E-state index is -0.609. The van der Waals surface area contributed by atoms with Crippen LogP contribution in [0.1, 0.15) is 0 Å². The highest BCUT2D eigenvalue weighted by atomic mass is 35.5. The lowest BCUT2D eigenvalue weighted by Gasteiger charge is -2.01. The molecule has 0 radical (unpaired) electrons. The van der Waals surface area contributed by atoms with Crippen LogP contribution < -0.4 is 0 Å². The maximum atomic E-state index is 13.5. The van der Waals surface area contributed by atoms with E-state index in [1.807, 2.05) is 0 Å². The number of halogens is 4. The molecule has 0 spiro atoms. The third kappa shape index (κ3) is 2.88. The second-order valence-corrected chi connectivity index (χ2v) is 5.42. The lowest BCUT2D eigenvalue weighted by molar-refractivity contribution is 0.582. The number of nitrogens with zero attached hydrogens (tertiary/aromatic N) is 2. The number of hydrogen-bond acceptors (Lipinski definition) is 3. The first-order chi connectivity index (χ1) is 10.0. The minimum absolute atomic E-state index is 0.0683. The Balaban J connectivity index is 2.02. The second kappa shape index (κ2) is 5.64. The maximum Gasteiger partial charge on any atom is 0.249 e. The molecule has 0 aliphatic heterocycles. The van der Waals surface area contributed by atoms with Crippen LogP contribution in [0.5, 0.6) is 0 Å². The molecule has 1 heterocycles. The van der Waals surface area contributed by atoms with E-state index in [0.717, 1.165) is 6.07 Å². The zero-order valence-electron chi connectivity index (χ0n) is 10.3. The molecule has 0 N–H and O–H groups in total. The average Bonchev–Trinajstić information content (AvgIpc) is 2.93. The first-order valence-corrected chi connectivity index (χ1v) is 6.92. The standard InChI is InChI=1S/C14H6Cl3FN2O/c15-8-3-1-7(2-4-8)13-19-20-14(21-13)9-5-12(18)11(17)6-10(9)16/h1-6H. The predicted molar refractivity (Wildman–Crippen MR) is 80.2 cm³/mol. The molecule has 1 aromatic heterocycles. The van der Waals surface area contributed by atoms with Crippen LogP contribution in [0.2, 0.25) is 15.1 Å². The Bertz CT molecular complexity index is 802. The normalized spacial score (nSPS) is 10.9. The molecule has 0 aliphatic rings. The van der Waals surface area contributed by atoms with E-state index < -0.39 is 5.82 Å². The van der Waals surface area contributed by atoms with E-state index in [9.17, 15) is 4.39 Å². The summed E-state index contributed by atoms with van der Waals surface area (Å²) in [5.74, 6) is -0.212. The SMILES string of the molecule is Fc1cc(-c2nnc(-c3ccc(Cl)cc3)o2)c(Cl)cc1Cl. The largest absolute Gasteiger partial charge is 0.416 e. The molecule has 106 valence electrons. The Hall–Kier alpha value is -1.62. The van der Waals surface area contributed by atoms with E-state index in [-0.39, 0.29) is 27.4 Å². The van der Waals surface area contributed by atoms with Crippen LogP contribution in [0, 0.1) is 5.82 Å². The first-order valence-electron chi connectivity index (χ1n) is 5.79. The van der Waals surface area contributed by atoms with Crippen molar-refractivity contribution in [3.8, 4) is 22.9 Å². The number of aromatic nitrogens is 2. The topological polar surface area (TPSA) is 38.9 Å². The zero-order chi connectivity index (χ0) is 15.0. The van der Waals surface area contributed by atoms with E-state index >= 15 is 0 Å². The van der Waals surface area contributed by atoms with Crippen molar-refractivity contribution in [3.05, 3.63) is 57.3 Å². The molecular formula is C14H6Cl3FN2O. The molecule has 3 aromatic rings. The molecular weight excluding hydrogens is 338 g/mol. The van der Waals surface area contributed by atoms with Crippen LogP contribution in [-0.4, -0.2) is 10.2 Å². The Morgan fingerprint density at radius 2 is 1.52 bits per heavy atom. The van der Waals surface area contributed by atoms with Gasteiger partial charge < -0.3 is 4.42 Å². The summed E-state index contributed by atoms with van der Waals surface area (Å²) in [6.45, 7) is 0. The third-order valence-electron chi connectivity index (χ3n) is 2.76. The van der Waals surface area contributed by atoms with Gasteiger partial charge in [0.05, 0.1) is 15.6 Å². The molecule has 0 saturated carbocycles. The van der Waals surface area contributed by atoms with Gasteiger partial charge in [0.15, 0.2) is 0 Å². The molecule has 0 saturated heterocycles. The summed E-state index contributed by atoms with van der Waals surface area (Å²) in [6, 6.07) is 9.34. The Morgan fingerprint density at radius 3 is 2.24 bits per heavy atom. The molecule has 0 unspecified atom stereocenters. The maximum absolute atomic E-state index is 13.5. The summed E-state index contributed by atoms with van der Waals surface area (Å²) in [7, 11) is 0. The van der Waals surface area contributed by atoms with Crippen molar-refractivity contribution in [2.75, 3.05) is 0 Å². The Labute approximate surface area is 134 Å². The summed E-state index contributed by atoms with van der Waals surface area (Å²) in [4.78, 5) is 0. The monoisotopic (exact) mass is 342 g/mol. The van der Waals surface area contributed by atoms with Crippen LogP contribution in [-0.2, 0) is 0 Å². The summed E-state index contributed by atoms with van der Waals surface area (Å²) < 4.78 is 19.0. The van der Waals surface area contributed by atoms with Crippen molar-refractivity contribution >= 4 is 34.8 Å². The highest BCUT2D eigenvalue weighted by Crippen LogP contribution is 2.33. The molecule has 2 aromatic carbocycles. The number of rotatable bonds is 2. The van der Waals surface area contributed by atoms with Crippen LogP contribution in [0.3, 0.4) is 0 Å². The summed E-state index contributed by atoms with van der Waals surface area (Å²) in [5.41, 5.74) is 0.981. The van der Waals surface area contributed by atoms with Crippen molar-refractivity contribution in [1.82, 2.24) is 10.2 Å². The highest BCUT2D eigenvalue weighted by molar-refractivity contribution is 6.36. The molecule has 0 bridgehead atoms. The molecule has 0 aliphatic carbocycles. The van der Waals surface area contributed by atoms with Crippen molar-refractivity contribution in [2.24, 2.45) is 0 Å². The first kappa shape index (κ1) is 14.3. The predicted octanol–water partition coefficient (Wildman–Crippen LogP) is 5.50. The lowest BCUT2D eigenvalue weighted by atomic mass is 10.2. The second-order valence-electron chi connectivity index (χ2n) is 4.17. The summed E-state index contributed by atoms with van der Waals surface area (Å²) >= 11 is 17.5. The van der Waals surface area contributed by atoms with Crippen LogP contribution in [0.15, 0.2) is 40.8 Å². The summed E-state index contributed by atoms with van der Waals surface area (Å²) in [5, 5.41) is 8.54. The Morgan fingerprint density at radius 1 is 0.857 bits per heavy atom. The average molecular weight is 344 g/mol. The van der Waals surface area contributed by atoms with E-state index in [4.69, 9.17) is 39.2 Å². The van der Waals surface area contributed by atoms with Gasteiger partial charge in [-0.05, 0) is 36.4 Å². The van der Waals surface area contributed by atoms with Crippen LogP contribution >= 0.6 is 34.8 Å². The molecule has 7 heteroatoms. The quantitative estimate of drug-likeness (QED) is 0.576. The fourth-order valence-electron chi connectivity index (χ4n) is 1.73. The van der Waals surface area contributed by atoms with Gasteiger partial charge in [0.25, 0.3) is 0 Å². The number of benzene rings is 2. The molecule has 3 rings (SSSR count). The fourth-order valence-corrected chi connectivity index (χ4v) is 2.32. The molecule has 21 heavy (non-hydrogen) atoms. The van der Waals surface area contributed by atoms with Gasteiger partial charge in [-0.2, -0.15) is 0 Å². The third-order valence-corrected chi connectivity index (χ3v) is 3.61. The molecule has 0 amide bonds. The van der Waals surface area contributed by atoms with Gasteiger partial charge in [-0.15, -0.1) is 10.2 Å². The smallest absolute Gasteiger partial charge is 0.249 e. The van der Waals surface area contributed by atoms with Crippen molar-refractivity contribution in [2.45, 2.75) is 0 Å². The highest BCUT2D eigenvalue weighted by Gasteiger charge is 2.16. The fraction of sp³-hybridized carbons (Fsp3) is 0. The van der Waals surface area contributed by atoms with E-state index in [1.165, 1.54) is 6.07 Å². The Kier molecular flexibility index (Phi) is 3.85. The van der Waals surface area contributed by atoms with E-state index in [2.05, 4.69) is 10.2 Å². The van der Waals surface area contributed by atoms with E-state index in [1.54, 1.807) is 24.3 Å². The van der Waals surface area contributed by atoms with Gasteiger partial charge >= 0.3 is 0 Å². The van der Waals surface area contributed by atoms with Gasteiger partial charge in [-0.3, -0.25) is 0 Å². The lowest BCUT2D eigenvalue weighted by Crippen LogP contribution is -1.84. The van der Waals surface area contributed by atoms with Crippen molar-refractivity contribution < 1.29 is 8.81 Å². The minimum Gasteiger partial charge on any atom is -0.416 e. The van der Waals surface area contributed by atoms with Gasteiger partial charge in [-0.25, -0.2) is 4.39 Å².